The Hall–Kier alpha value is -0.890. The van der Waals surface area contributed by atoms with Gasteiger partial charge in [-0.1, -0.05) is 26.7 Å². The topological polar surface area (TPSA) is 12.0 Å². The molecule has 0 fully saturated rings. The van der Waals surface area contributed by atoms with Gasteiger partial charge in [0.15, 0.2) is 0 Å². The molecular formula is C18H30FN. The fourth-order valence-corrected chi connectivity index (χ4v) is 2.63. The number of hydrogen-bond acceptors (Lipinski definition) is 1. The number of hydrogen-bond donors (Lipinski definition) is 1. The lowest BCUT2D eigenvalue weighted by Gasteiger charge is -2.10. The summed E-state index contributed by atoms with van der Waals surface area (Å²) in [5.74, 6) is 0.624. The van der Waals surface area contributed by atoms with Crippen LogP contribution in [0, 0.1) is 25.6 Å². The molecule has 0 spiro atoms. The van der Waals surface area contributed by atoms with Gasteiger partial charge in [-0.25, -0.2) is 4.39 Å². The molecule has 1 rings (SSSR count). The first-order valence-corrected chi connectivity index (χ1v) is 7.97. The van der Waals surface area contributed by atoms with Crippen LogP contribution in [0.5, 0.6) is 0 Å². The van der Waals surface area contributed by atoms with Crippen LogP contribution in [0.1, 0.15) is 56.2 Å². The zero-order valence-corrected chi connectivity index (χ0v) is 13.6. The van der Waals surface area contributed by atoms with Gasteiger partial charge in [-0.05, 0) is 80.9 Å². The summed E-state index contributed by atoms with van der Waals surface area (Å²) in [6.07, 6.45) is 6.09. The van der Waals surface area contributed by atoms with E-state index in [0.717, 1.165) is 36.6 Å². The fraction of sp³-hybridized carbons (Fsp3) is 0.667. The highest BCUT2D eigenvalue weighted by molar-refractivity contribution is 5.34. The van der Waals surface area contributed by atoms with E-state index in [2.05, 4.69) is 19.2 Å². The van der Waals surface area contributed by atoms with E-state index in [9.17, 15) is 4.39 Å². The van der Waals surface area contributed by atoms with Crippen LogP contribution < -0.4 is 5.32 Å². The Balaban J connectivity index is 2.16. The molecule has 1 nitrogen and oxygen atoms in total. The first-order chi connectivity index (χ1) is 9.50. The van der Waals surface area contributed by atoms with E-state index in [-0.39, 0.29) is 5.82 Å². The molecule has 0 bridgehead atoms. The molecule has 1 N–H and O–H groups in total. The maximum Gasteiger partial charge on any atom is 0.123 e. The summed E-state index contributed by atoms with van der Waals surface area (Å²) < 4.78 is 13.2. The highest BCUT2D eigenvalue weighted by atomic mass is 19.1. The summed E-state index contributed by atoms with van der Waals surface area (Å²) in [5, 5.41) is 3.48. The molecule has 0 saturated heterocycles. The molecule has 1 aromatic rings. The normalized spacial score (nSPS) is 11.3. The van der Waals surface area contributed by atoms with Crippen LogP contribution in [0.2, 0.25) is 0 Å². The van der Waals surface area contributed by atoms with Gasteiger partial charge < -0.3 is 5.32 Å². The average molecular weight is 279 g/mol. The molecule has 0 aromatic heterocycles. The lowest BCUT2D eigenvalue weighted by Crippen LogP contribution is -2.20. The van der Waals surface area contributed by atoms with E-state index in [1.807, 2.05) is 13.8 Å². The molecular weight excluding hydrogens is 249 g/mol. The highest BCUT2D eigenvalue weighted by Gasteiger charge is 2.04. The Bertz CT molecular complexity index is 375. The quantitative estimate of drug-likeness (QED) is 0.641. The Morgan fingerprint density at radius 1 is 1.00 bits per heavy atom. The lowest BCUT2D eigenvalue weighted by molar-refractivity contribution is 0.526. The van der Waals surface area contributed by atoms with Crippen molar-refractivity contribution in [2.45, 2.75) is 59.8 Å². The van der Waals surface area contributed by atoms with Gasteiger partial charge in [0.1, 0.15) is 5.82 Å². The van der Waals surface area contributed by atoms with Crippen molar-refractivity contribution in [2.75, 3.05) is 13.1 Å². The van der Waals surface area contributed by atoms with Crippen molar-refractivity contribution >= 4 is 0 Å². The summed E-state index contributed by atoms with van der Waals surface area (Å²) in [4.78, 5) is 0. The van der Waals surface area contributed by atoms with Crippen molar-refractivity contribution in [1.82, 2.24) is 5.32 Å². The number of aryl methyl sites for hydroxylation is 2. The van der Waals surface area contributed by atoms with Gasteiger partial charge >= 0.3 is 0 Å². The van der Waals surface area contributed by atoms with E-state index in [0.29, 0.717) is 0 Å². The second-order valence-corrected chi connectivity index (χ2v) is 6.28. The molecule has 0 heterocycles. The standard InChI is InChI=1S/C18H30FN/c1-14(2)13-20-10-8-6-5-7-9-18-15(3)11-17(19)12-16(18)4/h11-12,14,20H,5-10,13H2,1-4H3. The Morgan fingerprint density at radius 2 is 1.60 bits per heavy atom. The Morgan fingerprint density at radius 3 is 2.20 bits per heavy atom. The summed E-state index contributed by atoms with van der Waals surface area (Å²) in [5.41, 5.74) is 3.53. The van der Waals surface area contributed by atoms with Gasteiger partial charge in [-0.3, -0.25) is 0 Å². The number of rotatable bonds is 9. The van der Waals surface area contributed by atoms with E-state index >= 15 is 0 Å². The highest BCUT2D eigenvalue weighted by Crippen LogP contribution is 2.18. The van der Waals surface area contributed by atoms with E-state index in [1.54, 1.807) is 12.1 Å². The number of nitrogens with one attached hydrogen (secondary N) is 1. The molecule has 0 saturated carbocycles. The van der Waals surface area contributed by atoms with Crippen LogP contribution in [-0.2, 0) is 6.42 Å². The minimum absolute atomic E-state index is 0.111. The zero-order valence-electron chi connectivity index (χ0n) is 13.6. The van der Waals surface area contributed by atoms with Crippen LogP contribution in [0.15, 0.2) is 12.1 Å². The predicted molar refractivity (Wildman–Crippen MR) is 85.8 cm³/mol. The van der Waals surface area contributed by atoms with Crippen molar-refractivity contribution < 1.29 is 4.39 Å². The van der Waals surface area contributed by atoms with Crippen LogP contribution >= 0.6 is 0 Å². The van der Waals surface area contributed by atoms with Crippen molar-refractivity contribution in [1.29, 1.82) is 0 Å². The summed E-state index contributed by atoms with van der Waals surface area (Å²) >= 11 is 0. The molecule has 0 aliphatic carbocycles. The smallest absolute Gasteiger partial charge is 0.123 e. The predicted octanol–water partition coefficient (Wildman–Crippen LogP) is 4.79. The molecule has 1 aromatic carbocycles. The van der Waals surface area contributed by atoms with Crippen molar-refractivity contribution in [3.05, 3.63) is 34.6 Å². The molecule has 0 aliphatic heterocycles. The number of halogens is 1. The van der Waals surface area contributed by atoms with Crippen molar-refractivity contribution in [3.63, 3.8) is 0 Å². The third kappa shape index (κ3) is 6.51. The van der Waals surface area contributed by atoms with Crippen LogP contribution in [-0.4, -0.2) is 13.1 Å². The first-order valence-electron chi connectivity index (χ1n) is 7.97. The third-order valence-electron chi connectivity index (χ3n) is 3.74. The van der Waals surface area contributed by atoms with Gasteiger partial charge in [-0.15, -0.1) is 0 Å². The molecule has 0 amide bonds. The fourth-order valence-electron chi connectivity index (χ4n) is 2.63. The summed E-state index contributed by atoms with van der Waals surface area (Å²) in [7, 11) is 0. The minimum atomic E-state index is -0.111. The monoisotopic (exact) mass is 279 g/mol. The van der Waals surface area contributed by atoms with E-state index < -0.39 is 0 Å². The maximum atomic E-state index is 13.2. The second kappa shape index (κ2) is 9.12. The van der Waals surface area contributed by atoms with Crippen LogP contribution in [0.4, 0.5) is 4.39 Å². The minimum Gasteiger partial charge on any atom is -0.316 e. The average Bonchev–Trinajstić information content (AvgIpc) is 2.34. The zero-order chi connectivity index (χ0) is 15.0. The van der Waals surface area contributed by atoms with Crippen LogP contribution in [0.3, 0.4) is 0 Å². The van der Waals surface area contributed by atoms with Gasteiger partial charge in [0.2, 0.25) is 0 Å². The van der Waals surface area contributed by atoms with Gasteiger partial charge in [0.05, 0.1) is 0 Å². The number of unbranched alkanes of at least 4 members (excludes halogenated alkanes) is 3. The Labute approximate surface area is 124 Å². The summed E-state index contributed by atoms with van der Waals surface area (Å²) in [6.45, 7) is 10.8. The Kier molecular flexibility index (Phi) is 7.83. The van der Waals surface area contributed by atoms with Crippen LogP contribution in [0.25, 0.3) is 0 Å². The van der Waals surface area contributed by atoms with E-state index in [4.69, 9.17) is 0 Å². The van der Waals surface area contributed by atoms with Gasteiger partial charge in [0, 0.05) is 0 Å². The van der Waals surface area contributed by atoms with Gasteiger partial charge in [0.25, 0.3) is 0 Å². The molecule has 0 radical (unpaired) electrons. The summed E-state index contributed by atoms with van der Waals surface area (Å²) in [6, 6.07) is 3.30. The second-order valence-electron chi connectivity index (χ2n) is 6.28. The largest absolute Gasteiger partial charge is 0.316 e. The lowest BCUT2D eigenvalue weighted by atomic mass is 9.97. The molecule has 0 atom stereocenters. The molecule has 114 valence electrons. The molecule has 2 heteroatoms. The van der Waals surface area contributed by atoms with E-state index in [1.165, 1.54) is 31.2 Å². The molecule has 0 aliphatic rings. The molecule has 0 unspecified atom stereocenters. The third-order valence-corrected chi connectivity index (χ3v) is 3.74. The maximum absolute atomic E-state index is 13.2. The van der Waals surface area contributed by atoms with Crippen molar-refractivity contribution in [3.8, 4) is 0 Å². The SMILES string of the molecule is Cc1cc(F)cc(C)c1CCCCCCNCC(C)C. The molecule has 20 heavy (non-hydrogen) atoms. The number of benzene rings is 1. The van der Waals surface area contributed by atoms with Gasteiger partial charge in [-0.2, -0.15) is 0 Å². The first kappa shape index (κ1) is 17.2. The van der Waals surface area contributed by atoms with Crippen molar-refractivity contribution in [2.24, 2.45) is 5.92 Å².